The molecule has 1 N–H and O–H groups in total. The molecule has 2 aromatic carbocycles. The van der Waals surface area contributed by atoms with E-state index in [1.807, 2.05) is 54.2 Å². The summed E-state index contributed by atoms with van der Waals surface area (Å²) in [6, 6.07) is 13.9. The molecule has 0 bridgehead atoms. The van der Waals surface area contributed by atoms with Gasteiger partial charge in [-0.3, -0.25) is 4.79 Å². The van der Waals surface area contributed by atoms with E-state index in [0.29, 0.717) is 6.54 Å². The van der Waals surface area contributed by atoms with Crippen molar-refractivity contribution in [1.82, 2.24) is 5.32 Å². The van der Waals surface area contributed by atoms with Crippen LogP contribution in [0, 0.1) is 0 Å². The fourth-order valence-electron chi connectivity index (χ4n) is 2.22. The van der Waals surface area contributed by atoms with Crippen LogP contribution in [0.25, 0.3) is 10.8 Å². The topological polar surface area (TPSA) is 38.3 Å². The van der Waals surface area contributed by atoms with Crippen molar-refractivity contribution < 1.29 is 9.53 Å². The molecular formula is C19H25NO2S. The molecule has 0 aliphatic heterocycles. The summed E-state index contributed by atoms with van der Waals surface area (Å²) in [6.45, 7) is 8.96. The van der Waals surface area contributed by atoms with E-state index in [1.54, 1.807) is 6.92 Å². The third-order valence-corrected chi connectivity index (χ3v) is 4.63. The lowest BCUT2D eigenvalue weighted by molar-refractivity contribution is -0.127. The standard InChI is InChI=1S/C19H25NO2S/c1-14(18(21)20-12-13-23-19(2,3)4)22-17-11-7-9-15-8-5-6-10-16(15)17/h5-11,14H,12-13H2,1-4H3,(H,20,21). The zero-order valence-electron chi connectivity index (χ0n) is 14.3. The van der Waals surface area contributed by atoms with Crippen molar-refractivity contribution in [3.05, 3.63) is 42.5 Å². The van der Waals surface area contributed by atoms with Crippen molar-refractivity contribution in [3.8, 4) is 5.75 Å². The Hall–Kier alpha value is -1.68. The molecule has 0 saturated heterocycles. The van der Waals surface area contributed by atoms with E-state index in [0.717, 1.165) is 22.3 Å². The number of amides is 1. The molecule has 0 heterocycles. The molecule has 0 aliphatic carbocycles. The van der Waals surface area contributed by atoms with Gasteiger partial charge in [0, 0.05) is 22.4 Å². The van der Waals surface area contributed by atoms with Gasteiger partial charge in [-0.25, -0.2) is 0 Å². The number of carbonyl (C=O) groups excluding carboxylic acids is 1. The van der Waals surface area contributed by atoms with Crippen molar-refractivity contribution in [2.24, 2.45) is 0 Å². The van der Waals surface area contributed by atoms with Gasteiger partial charge in [-0.1, -0.05) is 57.2 Å². The molecule has 3 nitrogen and oxygen atoms in total. The first-order valence-corrected chi connectivity index (χ1v) is 8.91. The van der Waals surface area contributed by atoms with Gasteiger partial charge in [-0.05, 0) is 18.4 Å². The highest BCUT2D eigenvalue weighted by atomic mass is 32.2. The molecule has 0 saturated carbocycles. The third kappa shape index (κ3) is 5.47. The second-order valence-corrected chi connectivity index (χ2v) is 8.41. The summed E-state index contributed by atoms with van der Waals surface area (Å²) in [5, 5.41) is 5.07. The number of thioether (sulfide) groups is 1. The fraction of sp³-hybridized carbons (Fsp3) is 0.421. The predicted molar refractivity (Wildman–Crippen MR) is 99.3 cm³/mol. The van der Waals surface area contributed by atoms with Crippen LogP contribution in [-0.2, 0) is 4.79 Å². The number of rotatable bonds is 6. The second kappa shape index (κ2) is 7.73. The number of carbonyl (C=O) groups is 1. The maximum Gasteiger partial charge on any atom is 0.260 e. The van der Waals surface area contributed by atoms with Crippen molar-refractivity contribution in [3.63, 3.8) is 0 Å². The molecule has 2 aromatic rings. The smallest absolute Gasteiger partial charge is 0.260 e. The van der Waals surface area contributed by atoms with Crippen molar-refractivity contribution in [1.29, 1.82) is 0 Å². The average Bonchev–Trinajstić information content (AvgIpc) is 2.50. The summed E-state index contributed by atoms with van der Waals surface area (Å²) in [4.78, 5) is 12.2. The van der Waals surface area contributed by atoms with Crippen LogP contribution >= 0.6 is 11.8 Å². The minimum atomic E-state index is -0.513. The van der Waals surface area contributed by atoms with Crippen molar-refractivity contribution >= 4 is 28.4 Å². The fourth-order valence-corrected chi connectivity index (χ4v) is 3.03. The van der Waals surface area contributed by atoms with Gasteiger partial charge in [0.25, 0.3) is 5.91 Å². The number of benzene rings is 2. The van der Waals surface area contributed by atoms with Gasteiger partial charge in [0.1, 0.15) is 5.75 Å². The lowest BCUT2D eigenvalue weighted by atomic mass is 10.1. The first-order valence-electron chi connectivity index (χ1n) is 7.93. The quantitative estimate of drug-likeness (QED) is 0.804. The van der Waals surface area contributed by atoms with Gasteiger partial charge in [0.05, 0.1) is 0 Å². The Morgan fingerprint density at radius 1 is 1.17 bits per heavy atom. The van der Waals surface area contributed by atoms with E-state index in [2.05, 4.69) is 26.1 Å². The maximum atomic E-state index is 12.2. The highest BCUT2D eigenvalue weighted by molar-refractivity contribution is 8.00. The SMILES string of the molecule is CC(Oc1cccc2ccccc12)C(=O)NCCSC(C)(C)C. The Balaban J connectivity index is 1.90. The monoisotopic (exact) mass is 331 g/mol. The lowest BCUT2D eigenvalue weighted by Gasteiger charge is -2.19. The highest BCUT2D eigenvalue weighted by Crippen LogP contribution is 2.26. The van der Waals surface area contributed by atoms with Gasteiger partial charge < -0.3 is 10.1 Å². The van der Waals surface area contributed by atoms with Crippen LogP contribution in [0.2, 0.25) is 0 Å². The molecule has 0 aliphatic rings. The molecule has 4 heteroatoms. The molecule has 0 fully saturated rings. The number of hydrogen-bond donors (Lipinski definition) is 1. The van der Waals surface area contributed by atoms with Crippen molar-refractivity contribution in [2.75, 3.05) is 12.3 Å². The molecule has 0 radical (unpaired) electrons. The Morgan fingerprint density at radius 3 is 2.61 bits per heavy atom. The Bertz CT molecular complexity index is 658. The molecule has 0 aromatic heterocycles. The summed E-state index contributed by atoms with van der Waals surface area (Å²) in [5.74, 6) is 1.57. The summed E-state index contributed by atoms with van der Waals surface area (Å²) < 4.78 is 6.09. The van der Waals surface area contributed by atoms with Crippen LogP contribution in [-0.4, -0.2) is 29.1 Å². The van der Waals surface area contributed by atoms with Gasteiger partial charge >= 0.3 is 0 Å². The molecule has 2 rings (SSSR count). The van der Waals surface area contributed by atoms with E-state index in [1.165, 1.54) is 0 Å². The van der Waals surface area contributed by atoms with Crippen LogP contribution in [0.5, 0.6) is 5.75 Å². The number of ether oxygens (including phenoxy) is 1. The third-order valence-electron chi connectivity index (χ3n) is 3.36. The van der Waals surface area contributed by atoms with Crippen LogP contribution in [0.3, 0.4) is 0 Å². The Morgan fingerprint density at radius 2 is 1.87 bits per heavy atom. The zero-order chi connectivity index (χ0) is 16.9. The molecule has 1 unspecified atom stereocenters. The average molecular weight is 331 g/mol. The van der Waals surface area contributed by atoms with Crippen LogP contribution in [0.15, 0.2) is 42.5 Å². The van der Waals surface area contributed by atoms with Crippen LogP contribution in [0.4, 0.5) is 0 Å². The van der Waals surface area contributed by atoms with Crippen LogP contribution in [0.1, 0.15) is 27.7 Å². The molecular weight excluding hydrogens is 306 g/mol. The minimum Gasteiger partial charge on any atom is -0.480 e. The number of fused-ring (bicyclic) bond motifs is 1. The summed E-state index contributed by atoms with van der Waals surface area (Å²) in [7, 11) is 0. The maximum absolute atomic E-state index is 12.2. The van der Waals surface area contributed by atoms with E-state index in [9.17, 15) is 4.79 Å². The largest absolute Gasteiger partial charge is 0.480 e. The zero-order valence-corrected chi connectivity index (χ0v) is 15.1. The Labute approximate surface area is 142 Å². The predicted octanol–water partition coefficient (Wildman–Crippen LogP) is 4.26. The van der Waals surface area contributed by atoms with E-state index in [-0.39, 0.29) is 10.7 Å². The van der Waals surface area contributed by atoms with Gasteiger partial charge in [0.15, 0.2) is 6.10 Å². The van der Waals surface area contributed by atoms with Gasteiger partial charge in [-0.15, -0.1) is 0 Å². The lowest BCUT2D eigenvalue weighted by Crippen LogP contribution is -2.37. The summed E-state index contributed by atoms with van der Waals surface area (Å²) in [6.07, 6.45) is -0.513. The van der Waals surface area contributed by atoms with Gasteiger partial charge in [-0.2, -0.15) is 11.8 Å². The number of nitrogens with one attached hydrogen (secondary N) is 1. The van der Waals surface area contributed by atoms with Gasteiger partial charge in [0.2, 0.25) is 0 Å². The van der Waals surface area contributed by atoms with E-state index < -0.39 is 6.10 Å². The van der Waals surface area contributed by atoms with E-state index >= 15 is 0 Å². The second-order valence-electron chi connectivity index (χ2n) is 6.49. The highest BCUT2D eigenvalue weighted by Gasteiger charge is 2.16. The summed E-state index contributed by atoms with van der Waals surface area (Å²) >= 11 is 1.84. The minimum absolute atomic E-state index is 0.0764. The van der Waals surface area contributed by atoms with E-state index in [4.69, 9.17) is 4.74 Å². The molecule has 124 valence electrons. The molecule has 1 amide bonds. The van der Waals surface area contributed by atoms with Crippen LogP contribution < -0.4 is 10.1 Å². The number of hydrogen-bond acceptors (Lipinski definition) is 3. The Kier molecular flexibility index (Phi) is 5.94. The summed E-state index contributed by atoms with van der Waals surface area (Å²) in [5.41, 5.74) is 0. The van der Waals surface area contributed by atoms with Crippen molar-refractivity contribution in [2.45, 2.75) is 38.5 Å². The molecule has 0 spiro atoms. The first kappa shape index (κ1) is 17.7. The molecule has 1 atom stereocenters. The molecule has 23 heavy (non-hydrogen) atoms. The normalized spacial score (nSPS) is 12.9. The first-order chi connectivity index (χ1) is 10.9.